The summed E-state index contributed by atoms with van der Waals surface area (Å²) in [5.74, 6) is -3.92. The Kier molecular flexibility index (Phi) is 4.82. The molecular weight excluding hydrogens is 354 g/mol. The summed E-state index contributed by atoms with van der Waals surface area (Å²) >= 11 is 6.12. The molecule has 0 radical (unpaired) electrons. The number of allylic oxidation sites excluding steroid dienone is 1. The van der Waals surface area contributed by atoms with Gasteiger partial charge in [0, 0.05) is 22.4 Å². The van der Waals surface area contributed by atoms with Crippen molar-refractivity contribution in [1.29, 1.82) is 0 Å². The van der Waals surface area contributed by atoms with Crippen molar-refractivity contribution in [2.24, 2.45) is 5.92 Å². The topological polar surface area (TPSA) is 80.3 Å². The van der Waals surface area contributed by atoms with Gasteiger partial charge >= 0.3 is 0 Å². The van der Waals surface area contributed by atoms with E-state index in [2.05, 4.69) is 5.32 Å². The van der Waals surface area contributed by atoms with Crippen LogP contribution in [0.2, 0.25) is 0 Å². The third-order valence-corrected chi connectivity index (χ3v) is 4.47. The summed E-state index contributed by atoms with van der Waals surface area (Å²) in [6.45, 7) is 1.19. The molecule has 1 aliphatic carbocycles. The van der Waals surface area contributed by atoms with Crippen LogP contribution in [-0.4, -0.2) is 23.3 Å². The molecule has 2 aromatic rings. The molecule has 3 rings (SSSR count). The van der Waals surface area contributed by atoms with Gasteiger partial charge < -0.3 is 5.32 Å². The van der Waals surface area contributed by atoms with Gasteiger partial charge in [-0.25, -0.2) is 0 Å². The first kappa shape index (κ1) is 17.8. The van der Waals surface area contributed by atoms with Crippen molar-refractivity contribution in [2.75, 3.05) is 5.32 Å². The zero-order valence-corrected chi connectivity index (χ0v) is 14.5. The van der Waals surface area contributed by atoms with Gasteiger partial charge in [-0.05, 0) is 19.1 Å². The first-order chi connectivity index (χ1) is 12.4. The molecule has 2 aromatic carbocycles. The van der Waals surface area contributed by atoms with Gasteiger partial charge in [0.2, 0.25) is 11.7 Å². The largest absolute Gasteiger partial charge is 0.325 e. The Bertz CT molecular complexity index is 963. The maximum atomic E-state index is 12.8. The molecule has 1 N–H and O–H groups in total. The van der Waals surface area contributed by atoms with Gasteiger partial charge in [-0.15, -0.1) is 0 Å². The number of rotatable bonds is 4. The molecule has 26 heavy (non-hydrogen) atoms. The molecule has 6 heteroatoms. The Morgan fingerprint density at radius 3 is 2.00 bits per heavy atom. The number of carbonyl (C=O) groups is 4. The number of carbonyl (C=O) groups excluding carboxylic acids is 4. The minimum atomic E-state index is -1.47. The highest BCUT2D eigenvalue weighted by atomic mass is 35.5. The van der Waals surface area contributed by atoms with Crippen LogP contribution in [0.1, 0.15) is 27.6 Å². The molecule has 0 saturated carbocycles. The van der Waals surface area contributed by atoms with Crippen LogP contribution in [0, 0.1) is 5.92 Å². The molecule has 0 bridgehead atoms. The number of para-hydroxylation sites is 1. The molecule has 1 aliphatic rings. The van der Waals surface area contributed by atoms with Crippen molar-refractivity contribution in [1.82, 2.24) is 0 Å². The van der Waals surface area contributed by atoms with Crippen molar-refractivity contribution in [3.8, 4) is 0 Å². The van der Waals surface area contributed by atoms with Gasteiger partial charge in [-0.3, -0.25) is 19.2 Å². The van der Waals surface area contributed by atoms with E-state index in [0.717, 1.165) is 0 Å². The third-order valence-electron chi connectivity index (χ3n) is 4.10. The normalized spacial score (nSPS) is 14.7. The molecule has 0 heterocycles. The molecule has 1 amide bonds. The summed E-state index contributed by atoms with van der Waals surface area (Å²) in [5.41, 5.74) is 0.486. The second kappa shape index (κ2) is 7.06. The zero-order valence-electron chi connectivity index (χ0n) is 13.8. The number of Topliss-reactive ketones (excluding diaryl/α,β-unsaturated/α-hetero) is 3. The van der Waals surface area contributed by atoms with Gasteiger partial charge in [0.05, 0.1) is 5.03 Å². The number of hydrogen-bond donors (Lipinski definition) is 1. The van der Waals surface area contributed by atoms with Crippen molar-refractivity contribution >= 4 is 40.5 Å². The standard InChI is InChI=1S/C20H14ClNO4/c1-11(23)15(20(26)22-12-7-3-2-4-8-12)16-17(21)19(25)14-10-6-5-9-13(14)18(16)24/h2-10,15H,1H3,(H,22,26)/t15-/m1/s1. The van der Waals surface area contributed by atoms with Gasteiger partial charge in [0.15, 0.2) is 5.78 Å². The monoisotopic (exact) mass is 367 g/mol. The molecule has 0 spiro atoms. The fraction of sp³-hybridized carbons (Fsp3) is 0.100. The Hall–Kier alpha value is -3.05. The molecule has 0 unspecified atom stereocenters. The van der Waals surface area contributed by atoms with E-state index in [-0.39, 0.29) is 16.7 Å². The first-order valence-electron chi connectivity index (χ1n) is 7.86. The number of fused-ring (bicyclic) bond motifs is 1. The number of halogens is 1. The Labute approximate surface area is 154 Å². The van der Waals surface area contributed by atoms with Crippen LogP contribution in [0.15, 0.2) is 65.2 Å². The zero-order chi connectivity index (χ0) is 18.8. The van der Waals surface area contributed by atoms with E-state index >= 15 is 0 Å². The van der Waals surface area contributed by atoms with E-state index in [4.69, 9.17) is 11.6 Å². The Morgan fingerprint density at radius 2 is 1.42 bits per heavy atom. The molecule has 0 fully saturated rings. The summed E-state index contributed by atoms with van der Waals surface area (Å²) in [4.78, 5) is 50.2. The average molecular weight is 368 g/mol. The van der Waals surface area contributed by atoms with E-state index in [9.17, 15) is 19.2 Å². The fourth-order valence-corrected chi connectivity index (χ4v) is 3.17. The summed E-state index contributed by atoms with van der Waals surface area (Å²) in [6.07, 6.45) is 0. The number of benzene rings is 2. The Morgan fingerprint density at radius 1 is 0.885 bits per heavy atom. The minimum absolute atomic E-state index is 0.135. The highest BCUT2D eigenvalue weighted by Crippen LogP contribution is 2.33. The van der Waals surface area contributed by atoms with Crippen LogP contribution in [0.4, 0.5) is 5.69 Å². The molecule has 0 aliphatic heterocycles. The predicted molar refractivity (Wildman–Crippen MR) is 97.2 cm³/mol. The highest BCUT2D eigenvalue weighted by molar-refractivity contribution is 6.50. The number of amides is 1. The second-order valence-electron chi connectivity index (χ2n) is 5.83. The van der Waals surface area contributed by atoms with Crippen LogP contribution < -0.4 is 5.32 Å². The lowest BCUT2D eigenvalue weighted by atomic mass is 9.81. The maximum absolute atomic E-state index is 12.8. The third kappa shape index (κ3) is 3.09. The van der Waals surface area contributed by atoms with Crippen LogP contribution in [0.3, 0.4) is 0 Å². The van der Waals surface area contributed by atoms with Crippen LogP contribution in [0.5, 0.6) is 0 Å². The van der Waals surface area contributed by atoms with Crippen LogP contribution in [-0.2, 0) is 9.59 Å². The summed E-state index contributed by atoms with van der Waals surface area (Å²) in [7, 11) is 0. The van der Waals surface area contributed by atoms with Crippen molar-refractivity contribution < 1.29 is 19.2 Å². The number of hydrogen-bond acceptors (Lipinski definition) is 4. The molecule has 0 aromatic heterocycles. The van der Waals surface area contributed by atoms with E-state index in [1.165, 1.54) is 19.1 Å². The van der Waals surface area contributed by atoms with E-state index in [0.29, 0.717) is 5.69 Å². The minimum Gasteiger partial charge on any atom is -0.325 e. The quantitative estimate of drug-likeness (QED) is 0.840. The second-order valence-corrected chi connectivity index (χ2v) is 6.21. The lowest BCUT2D eigenvalue weighted by Crippen LogP contribution is -2.36. The summed E-state index contributed by atoms with van der Waals surface area (Å²) < 4.78 is 0. The SMILES string of the molecule is CC(=O)[C@@H](C(=O)Nc1ccccc1)C1=C(Cl)C(=O)c2ccccc2C1=O. The molecular formula is C20H14ClNO4. The van der Waals surface area contributed by atoms with Gasteiger partial charge in [-0.1, -0.05) is 54.1 Å². The van der Waals surface area contributed by atoms with Crippen molar-refractivity contribution in [3.63, 3.8) is 0 Å². The van der Waals surface area contributed by atoms with E-state index in [1.807, 2.05) is 0 Å². The lowest BCUT2D eigenvalue weighted by molar-refractivity contribution is -0.128. The molecule has 130 valence electrons. The first-order valence-corrected chi connectivity index (χ1v) is 8.24. The summed E-state index contributed by atoms with van der Waals surface area (Å²) in [6, 6.07) is 14.7. The van der Waals surface area contributed by atoms with E-state index in [1.54, 1.807) is 42.5 Å². The average Bonchev–Trinajstić information content (AvgIpc) is 2.63. The Balaban J connectivity index is 2.04. The highest BCUT2D eigenvalue weighted by Gasteiger charge is 2.40. The number of nitrogens with one attached hydrogen (secondary N) is 1. The maximum Gasteiger partial charge on any atom is 0.239 e. The van der Waals surface area contributed by atoms with Gasteiger partial charge in [0.1, 0.15) is 11.7 Å². The predicted octanol–water partition coefficient (Wildman–Crippen LogP) is 3.40. The van der Waals surface area contributed by atoms with Crippen LogP contribution in [0.25, 0.3) is 0 Å². The van der Waals surface area contributed by atoms with E-state index < -0.39 is 34.2 Å². The molecule has 0 saturated heterocycles. The summed E-state index contributed by atoms with van der Waals surface area (Å²) in [5, 5.41) is 2.19. The van der Waals surface area contributed by atoms with Gasteiger partial charge in [0.25, 0.3) is 0 Å². The van der Waals surface area contributed by atoms with Crippen molar-refractivity contribution in [2.45, 2.75) is 6.92 Å². The van der Waals surface area contributed by atoms with Gasteiger partial charge in [-0.2, -0.15) is 0 Å². The fourth-order valence-electron chi connectivity index (χ4n) is 2.88. The molecule has 5 nitrogen and oxygen atoms in total. The molecule has 1 atom stereocenters. The number of ketones is 3. The number of anilines is 1. The van der Waals surface area contributed by atoms with Crippen LogP contribution >= 0.6 is 11.6 Å². The lowest BCUT2D eigenvalue weighted by Gasteiger charge is -2.22. The smallest absolute Gasteiger partial charge is 0.239 e. The van der Waals surface area contributed by atoms with Crippen molar-refractivity contribution in [3.05, 3.63) is 76.3 Å².